The molecule has 0 aliphatic heterocycles. The molecule has 0 atom stereocenters. The third-order valence-electron chi connectivity index (χ3n) is 2.95. The number of amides is 1. The molecule has 0 spiro atoms. The second-order valence-corrected chi connectivity index (χ2v) is 4.70. The van der Waals surface area contributed by atoms with E-state index in [4.69, 9.17) is 0 Å². The van der Waals surface area contributed by atoms with E-state index in [0.717, 1.165) is 16.8 Å². The lowest BCUT2D eigenvalue weighted by atomic mass is 10.2. The first kappa shape index (κ1) is 14.1. The number of hydrogen-bond donors (Lipinski definition) is 2. The van der Waals surface area contributed by atoms with E-state index in [0.29, 0.717) is 5.69 Å². The summed E-state index contributed by atoms with van der Waals surface area (Å²) >= 11 is 0. The minimum atomic E-state index is -0.353. The molecule has 1 amide bonds. The van der Waals surface area contributed by atoms with Crippen LogP contribution in [0.1, 0.15) is 11.1 Å². The molecule has 20 heavy (non-hydrogen) atoms. The van der Waals surface area contributed by atoms with Gasteiger partial charge in [-0.1, -0.05) is 24.3 Å². The average molecular weight is 272 g/mol. The minimum absolute atomic E-state index is 0.0235. The van der Waals surface area contributed by atoms with Crippen molar-refractivity contribution in [2.45, 2.75) is 13.8 Å². The topological polar surface area (TPSA) is 41.1 Å². The number of para-hydroxylation sites is 1. The molecule has 0 radical (unpaired) electrons. The Hall–Kier alpha value is -2.36. The lowest BCUT2D eigenvalue weighted by molar-refractivity contribution is -0.114. The number of halogens is 1. The number of anilines is 2. The molecular formula is C16H17FN2O. The molecule has 104 valence electrons. The van der Waals surface area contributed by atoms with Gasteiger partial charge in [-0.15, -0.1) is 0 Å². The van der Waals surface area contributed by atoms with Gasteiger partial charge in [-0.25, -0.2) is 4.39 Å². The van der Waals surface area contributed by atoms with E-state index in [1.54, 1.807) is 19.1 Å². The first-order valence-corrected chi connectivity index (χ1v) is 6.42. The SMILES string of the molecule is Cc1cccc(NC(=O)CNc2c(C)cccc2F)c1. The summed E-state index contributed by atoms with van der Waals surface area (Å²) in [5.41, 5.74) is 2.95. The van der Waals surface area contributed by atoms with Gasteiger partial charge in [-0.3, -0.25) is 4.79 Å². The molecule has 0 fully saturated rings. The molecule has 0 saturated heterocycles. The monoisotopic (exact) mass is 272 g/mol. The Balaban J connectivity index is 1.96. The van der Waals surface area contributed by atoms with Crippen molar-refractivity contribution in [3.05, 3.63) is 59.4 Å². The minimum Gasteiger partial charge on any atom is -0.374 e. The van der Waals surface area contributed by atoms with Crippen LogP contribution in [0.25, 0.3) is 0 Å². The lowest BCUT2D eigenvalue weighted by Gasteiger charge is -2.11. The van der Waals surface area contributed by atoms with E-state index >= 15 is 0 Å². The van der Waals surface area contributed by atoms with Crippen molar-refractivity contribution in [2.24, 2.45) is 0 Å². The zero-order chi connectivity index (χ0) is 14.5. The second-order valence-electron chi connectivity index (χ2n) is 4.70. The molecule has 0 saturated carbocycles. The van der Waals surface area contributed by atoms with Crippen LogP contribution in [0.2, 0.25) is 0 Å². The first-order valence-electron chi connectivity index (χ1n) is 6.42. The zero-order valence-electron chi connectivity index (χ0n) is 11.5. The Kier molecular flexibility index (Phi) is 4.35. The largest absolute Gasteiger partial charge is 0.374 e. The fraction of sp³-hybridized carbons (Fsp3) is 0.188. The highest BCUT2D eigenvalue weighted by molar-refractivity contribution is 5.93. The van der Waals surface area contributed by atoms with Gasteiger partial charge >= 0.3 is 0 Å². The Morgan fingerprint density at radius 1 is 1.15 bits per heavy atom. The maximum Gasteiger partial charge on any atom is 0.243 e. The third-order valence-corrected chi connectivity index (χ3v) is 2.95. The molecule has 0 bridgehead atoms. The lowest BCUT2D eigenvalue weighted by Crippen LogP contribution is -2.22. The number of carbonyl (C=O) groups is 1. The van der Waals surface area contributed by atoms with Crippen molar-refractivity contribution in [3.63, 3.8) is 0 Å². The van der Waals surface area contributed by atoms with E-state index in [1.165, 1.54) is 6.07 Å². The second kappa shape index (κ2) is 6.19. The van der Waals surface area contributed by atoms with Gasteiger partial charge in [0.1, 0.15) is 5.82 Å². The first-order chi connectivity index (χ1) is 9.56. The summed E-state index contributed by atoms with van der Waals surface area (Å²) in [6, 6.07) is 12.3. The van der Waals surface area contributed by atoms with Gasteiger partial charge in [0.05, 0.1) is 12.2 Å². The van der Waals surface area contributed by atoms with Gasteiger partial charge in [0.15, 0.2) is 0 Å². The number of carbonyl (C=O) groups excluding carboxylic acids is 1. The molecule has 2 N–H and O–H groups in total. The predicted octanol–water partition coefficient (Wildman–Crippen LogP) is 3.49. The van der Waals surface area contributed by atoms with Gasteiger partial charge in [0, 0.05) is 5.69 Å². The van der Waals surface area contributed by atoms with Gasteiger partial charge in [-0.05, 0) is 43.2 Å². The number of rotatable bonds is 4. The van der Waals surface area contributed by atoms with Gasteiger partial charge in [0.2, 0.25) is 5.91 Å². The van der Waals surface area contributed by atoms with Crippen LogP contribution in [0.3, 0.4) is 0 Å². The molecule has 0 aromatic heterocycles. The van der Waals surface area contributed by atoms with Crippen LogP contribution in [0.5, 0.6) is 0 Å². The fourth-order valence-electron chi connectivity index (χ4n) is 1.95. The van der Waals surface area contributed by atoms with Crippen molar-refractivity contribution >= 4 is 17.3 Å². The standard InChI is InChI=1S/C16H17FN2O/c1-11-5-3-7-13(9-11)19-15(20)10-18-16-12(2)6-4-8-14(16)17/h3-9,18H,10H2,1-2H3,(H,19,20). The van der Waals surface area contributed by atoms with Gasteiger partial charge in [0.25, 0.3) is 0 Å². The fourth-order valence-corrected chi connectivity index (χ4v) is 1.95. The number of nitrogens with one attached hydrogen (secondary N) is 2. The summed E-state index contributed by atoms with van der Waals surface area (Å²) in [5.74, 6) is -0.563. The summed E-state index contributed by atoms with van der Waals surface area (Å²) in [6.45, 7) is 3.77. The van der Waals surface area contributed by atoms with E-state index in [9.17, 15) is 9.18 Å². The predicted molar refractivity (Wildman–Crippen MR) is 79.4 cm³/mol. The van der Waals surface area contributed by atoms with Crippen molar-refractivity contribution < 1.29 is 9.18 Å². The van der Waals surface area contributed by atoms with Crippen LogP contribution >= 0.6 is 0 Å². The van der Waals surface area contributed by atoms with Crippen LogP contribution < -0.4 is 10.6 Å². The Morgan fingerprint density at radius 2 is 1.90 bits per heavy atom. The zero-order valence-corrected chi connectivity index (χ0v) is 11.5. The molecule has 0 unspecified atom stereocenters. The van der Waals surface area contributed by atoms with Crippen molar-refractivity contribution in [1.82, 2.24) is 0 Å². The highest BCUT2D eigenvalue weighted by Crippen LogP contribution is 2.18. The Bertz CT molecular complexity index is 605. The molecule has 2 aromatic rings. The molecule has 4 heteroatoms. The van der Waals surface area contributed by atoms with Crippen molar-refractivity contribution in [1.29, 1.82) is 0 Å². The Morgan fingerprint density at radius 3 is 2.60 bits per heavy atom. The summed E-state index contributed by atoms with van der Waals surface area (Å²) < 4.78 is 13.6. The normalized spacial score (nSPS) is 10.2. The van der Waals surface area contributed by atoms with Crippen LogP contribution in [0.15, 0.2) is 42.5 Å². The quantitative estimate of drug-likeness (QED) is 0.894. The summed E-state index contributed by atoms with van der Waals surface area (Å²) in [6.07, 6.45) is 0. The average Bonchev–Trinajstić information content (AvgIpc) is 2.38. The van der Waals surface area contributed by atoms with E-state index in [2.05, 4.69) is 10.6 Å². The van der Waals surface area contributed by atoms with Crippen LogP contribution in [0.4, 0.5) is 15.8 Å². The molecule has 3 nitrogen and oxygen atoms in total. The van der Waals surface area contributed by atoms with Gasteiger partial charge in [-0.2, -0.15) is 0 Å². The van der Waals surface area contributed by atoms with Gasteiger partial charge < -0.3 is 10.6 Å². The molecule has 0 aliphatic rings. The molecule has 0 aliphatic carbocycles. The highest BCUT2D eigenvalue weighted by Gasteiger charge is 2.07. The summed E-state index contributed by atoms with van der Waals surface area (Å²) in [5, 5.41) is 5.60. The maximum atomic E-state index is 13.6. The molecule has 2 aromatic carbocycles. The van der Waals surface area contributed by atoms with E-state index in [1.807, 2.05) is 31.2 Å². The van der Waals surface area contributed by atoms with Crippen LogP contribution in [0, 0.1) is 19.7 Å². The maximum absolute atomic E-state index is 13.6. The number of hydrogen-bond acceptors (Lipinski definition) is 2. The van der Waals surface area contributed by atoms with E-state index in [-0.39, 0.29) is 18.3 Å². The summed E-state index contributed by atoms with van der Waals surface area (Å²) in [7, 11) is 0. The Labute approximate surface area is 117 Å². The highest BCUT2D eigenvalue weighted by atomic mass is 19.1. The number of aryl methyl sites for hydroxylation is 2. The van der Waals surface area contributed by atoms with Crippen LogP contribution in [-0.2, 0) is 4.79 Å². The van der Waals surface area contributed by atoms with E-state index < -0.39 is 0 Å². The molecule has 2 rings (SSSR count). The van der Waals surface area contributed by atoms with Crippen molar-refractivity contribution in [3.8, 4) is 0 Å². The molecule has 0 heterocycles. The molecular weight excluding hydrogens is 255 g/mol. The smallest absolute Gasteiger partial charge is 0.243 e. The summed E-state index contributed by atoms with van der Waals surface area (Å²) in [4.78, 5) is 11.8. The third kappa shape index (κ3) is 3.57. The van der Waals surface area contributed by atoms with Crippen molar-refractivity contribution in [2.75, 3.05) is 17.2 Å². The van der Waals surface area contributed by atoms with Crippen LogP contribution in [-0.4, -0.2) is 12.5 Å². The number of benzene rings is 2.